The molecule has 1 rings (SSSR count). The molecular weight excluding hydrogens is 134 g/mol. The van der Waals surface area contributed by atoms with E-state index in [1.54, 1.807) is 0 Å². The molecule has 2 N–H and O–H groups in total. The average Bonchev–Trinajstić information content (AvgIpc) is 2.15. The lowest BCUT2D eigenvalue weighted by Crippen LogP contribution is -1.95. The highest BCUT2D eigenvalue weighted by Gasteiger charge is 1.92. The Balaban J connectivity index is 3.20. The van der Waals surface area contributed by atoms with E-state index in [-0.39, 0.29) is 0 Å². The molecule has 0 saturated heterocycles. The first-order chi connectivity index (χ1) is 4.25. The third-order valence-corrected chi connectivity index (χ3v) is 1.65. The average molecular weight is 143 g/mol. The fraction of sp³-hybridized carbons (Fsp3) is 0.400. The second kappa shape index (κ2) is 2.23. The minimum absolute atomic E-state index is 0.736. The molecule has 0 aromatic carbocycles. The van der Waals surface area contributed by atoms with Gasteiger partial charge in [-0.15, -0.1) is 0 Å². The van der Waals surface area contributed by atoms with Gasteiger partial charge in [-0.05, 0) is 12.2 Å². The molecule has 0 amide bonds. The van der Waals surface area contributed by atoms with E-state index in [1.165, 1.54) is 0 Å². The van der Waals surface area contributed by atoms with E-state index in [2.05, 4.69) is 10.3 Å². The highest BCUT2D eigenvalue weighted by molar-refractivity contribution is 7.71. The van der Waals surface area contributed by atoms with Gasteiger partial charge in [-0.2, -0.15) is 0 Å². The number of nitrogens with one attached hydrogen (secondary N) is 2. The number of imidazole rings is 1. The summed E-state index contributed by atoms with van der Waals surface area (Å²) in [5.74, 6) is 1.00. The Hall–Kier alpha value is -0.770. The fourth-order valence-corrected chi connectivity index (χ4v) is 0.830. The molecule has 1 aromatic heterocycles. The molecule has 4 heteroatoms. The van der Waals surface area contributed by atoms with Crippen LogP contribution in [0.1, 0.15) is 0 Å². The van der Waals surface area contributed by atoms with E-state index in [9.17, 15) is 0 Å². The molecule has 0 aliphatic rings. The summed E-state index contributed by atoms with van der Waals surface area (Å²) in [5.41, 5.74) is 0. The van der Waals surface area contributed by atoms with Crippen LogP contribution in [0.3, 0.4) is 0 Å². The van der Waals surface area contributed by atoms with Crippen molar-refractivity contribution in [3.63, 3.8) is 0 Å². The Morgan fingerprint density at radius 2 is 2.44 bits per heavy atom. The van der Waals surface area contributed by atoms with Gasteiger partial charge in [0.1, 0.15) is 5.82 Å². The van der Waals surface area contributed by atoms with Gasteiger partial charge >= 0.3 is 0 Å². The lowest BCUT2D eigenvalue weighted by molar-refractivity contribution is 0.899. The second-order valence-electron chi connectivity index (χ2n) is 1.79. The lowest BCUT2D eigenvalue weighted by atomic mass is 10.7. The van der Waals surface area contributed by atoms with Crippen molar-refractivity contribution in [1.29, 1.82) is 0 Å². The number of nitrogens with zero attached hydrogens (tertiary/aromatic N) is 1. The van der Waals surface area contributed by atoms with Gasteiger partial charge in [-0.25, -0.2) is 0 Å². The summed E-state index contributed by atoms with van der Waals surface area (Å²) in [7, 11) is 3.77. The maximum absolute atomic E-state index is 4.91. The molecule has 0 saturated carbocycles. The fourth-order valence-electron chi connectivity index (χ4n) is 0.673. The number of aromatic amines is 1. The topological polar surface area (TPSA) is 32.8 Å². The van der Waals surface area contributed by atoms with Crippen LogP contribution in [0.25, 0.3) is 0 Å². The van der Waals surface area contributed by atoms with Crippen molar-refractivity contribution in [2.75, 3.05) is 12.4 Å². The molecule has 1 heterocycles. The van der Waals surface area contributed by atoms with Crippen LogP contribution >= 0.6 is 12.2 Å². The molecule has 0 radical (unpaired) electrons. The Morgan fingerprint density at radius 3 is 2.67 bits per heavy atom. The summed E-state index contributed by atoms with van der Waals surface area (Å²) in [5, 5.41) is 2.98. The highest BCUT2D eigenvalue weighted by atomic mass is 32.1. The summed E-state index contributed by atoms with van der Waals surface area (Å²) >= 11 is 4.91. The Bertz CT molecular complexity index is 247. The zero-order chi connectivity index (χ0) is 6.85. The van der Waals surface area contributed by atoms with E-state index < -0.39 is 0 Å². The standard InChI is InChI=1S/C5H9N3S/c1-6-4-3-7-5(9)8(4)2/h3,6H,1-2H3,(H,7,9). The molecular formula is C5H9N3S. The molecule has 0 atom stereocenters. The van der Waals surface area contributed by atoms with Crippen LogP contribution in [0.4, 0.5) is 5.82 Å². The monoisotopic (exact) mass is 143 g/mol. The van der Waals surface area contributed by atoms with Gasteiger partial charge in [0.15, 0.2) is 4.77 Å². The Kier molecular flexibility index (Phi) is 1.57. The number of rotatable bonds is 1. The van der Waals surface area contributed by atoms with Crippen molar-refractivity contribution >= 4 is 18.0 Å². The highest BCUT2D eigenvalue weighted by Crippen LogP contribution is 2.02. The number of anilines is 1. The van der Waals surface area contributed by atoms with Gasteiger partial charge < -0.3 is 14.9 Å². The first-order valence-electron chi connectivity index (χ1n) is 2.68. The number of aromatic nitrogens is 2. The summed E-state index contributed by atoms with van der Waals surface area (Å²) in [6.45, 7) is 0. The number of hydrogen-bond acceptors (Lipinski definition) is 2. The van der Waals surface area contributed by atoms with Crippen LogP contribution in [-0.2, 0) is 7.05 Å². The maximum atomic E-state index is 4.91. The van der Waals surface area contributed by atoms with Gasteiger partial charge in [0.25, 0.3) is 0 Å². The SMILES string of the molecule is CNc1c[nH]c(=S)n1C. The van der Waals surface area contributed by atoms with Crippen molar-refractivity contribution in [3.8, 4) is 0 Å². The Labute approximate surface area is 58.7 Å². The van der Waals surface area contributed by atoms with Gasteiger partial charge in [0.2, 0.25) is 0 Å². The minimum Gasteiger partial charge on any atom is -0.373 e. The van der Waals surface area contributed by atoms with E-state index in [1.807, 2.05) is 24.9 Å². The van der Waals surface area contributed by atoms with Crippen LogP contribution in [0.2, 0.25) is 0 Å². The largest absolute Gasteiger partial charge is 0.373 e. The van der Waals surface area contributed by atoms with E-state index in [0.29, 0.717) is 0 Å². The van der Waals surface area contributed by atoms with Crippen molar-refractivity contribution in [2.45, 2.75) is 0 Å². The van der Waals surface area contributed by atoms with Gasteiger partial charge in [-0.3, -0.25) is 0 Å². The Morgan fingerprint density at radius 1 is 1.78 bits per heavy atom. The lowest BCUT2D eigenvalue weighted by Gasteiger charge is -1.96. The molecule has 9 heavy (non-hydrogen) atoms. The van der Waals surface area contributed by atoms with Crippen molar-refractivity contribution in [2.24, 2.45) is 7.05 Å². The van der Waals surface area contributed by atoms with Crippen LogP contribution in [0.15, 0.2) is 6.20 Å². The molecule has 0 bridgehead atoms. The molecule has 1 aromatic rings. The third kappa shape index (κ3) is 0.977. The predicted octanol–water partition coefficient (Wildman–Crippen LogP) is 1.12. The smallest absolute Gasteiger partial charge is 0.178 e. The van der Waals surface area contributed by atoms with Crippen LogP contribution < -0.4 is 5.32 Å². The van der Waals surface area contributed by atoms with Crippen molar-refractivity contribution < 1.29 is 0 Å². The van der Waals surface area contributed by atoms with Gasteiger partial charge in [-0.1, -0.05) is 0 Å². The zero-order valence-corrected chi connectivity index (χ0v) is 6.25. The molecule has 50 valence electrons. The van der Waals surface area contributed by atoms with Crippen LogP contribution in [-0.4, -0.2) is 16.6 Å². The molecule has 0 spiro atoms. The second-order valence-corrected chi connectivity index (χ2v) is 2.17. The summed E-state index contributed by atoms with van der Waals surface area (Å²) < 4.78 is 2.61. The van der Waals surface area contributed by atoms with E-state index in [4.69, 9.17) is 12.2 Å². The zero-order valence-electron chi connectivity index (χ0n) is 5.43. The summed E-state index contributed by atoms with van der Waals surface area (Å²) in [6, 6.07) is 0. The van der Waals surface area contributed by atoms with Crippen LogP contribution in [0, 0.1) is 4.77 Å². The quantitative estimate of drug-likeness (QED) is 0.577. The number of hydrogen-bond donors (Lipinski definition) is 2. The molecule has 0 unspecified atom stereocenters. The summed E-state index contributed by atoms with van der Waals surface area (Å²) in [4.78, 5) is 2.90. The van der Waals surface area contributed by atoms with Gasteiger partial charge in [0.05, 0.1) is 0 Å². The third-order valence-electron chi connectivity index (χ3n) is 1.25. The number of H-pyrrole nitrogens is 1. The normalized spacial score (nSPS) is 9.56. The van der Waals surface area contributed by atoms with Crippen molar-refractivity contribution in [1.82, 2.24) is 9.55 Å². The summed E-state index contributed by atoms with van der Waals surface area (Å²) in [6.07, 6.45) is 1.84. The van der Waals surface area contributed by atoms with Crippen molar-refractivity contribution in [3.05, 3.63) is 11.0 Å². The molecule has 3 nitrogen and oxygen atoms in total. The first-order valence-corrected chi connectivity index (χ1v) is 3.08. The predicted molar refractivity (Wildman–Crippen MR) is 40.1 cm³/mol. The maximum Gasteiger partial charge on any atom is 0.178 e. The van der Waals surface area contributed by atoms with Crippen LogP contribution in [0.5, 0.6) is 0 Å². The van der Waals surface area contributed by atoms with E-state index >= 15 is 0 Å². The van der Waals surface area contributed by atoms with Gasteiger partial charge in [0, 0.05) is 20.3 Å². The first kappa shape index (κ1) is 6.35. The molecule has 0 aliphatic carbocycles. The molecule has 0 fully saturated rings. The minimum atomic E-state index is 0.736. The van der Waals surface area contributed by atoms with E-state index in [0.717, 1.165) is 10.6 Å². The molecule has 0 aliphatic heterocycles.